The molecule has 0 unspecified atom stereocenters. The van der Waals surface area contributed by atoms with Gasteiger partial charge in [-0.25, -0.2) is 4.98 Å². The second-order valence-corrected chi connectivity index (χ2v) is 7.76. The molecular weight excluding hydrogens is 344 g/mol. The number of piperidine rings is 1. The number of hydrogen-bond donors (Lipinski definition) is 0. The number of nitrogens with zero attached hydrogens (tertiary/aromatic N) is 2. The van der Waals surface area contributed by atoms with Gasteiger partial charge in [-0.05, 0) is 42.7 Å². The lowest BCUT2D eigenvalue weighted by molar-refractivity contribution is -0.131. The average molecular weight is 366 g/mol. The molecule has 3 aromatic rings. The quantitative estimate of drug-likeness (QED) is 0.693. The van der Waals surface area contributed by atoms with Crippen molar-refractivity contribution in [2.24, 2.45) is 0 Å². The molecule has 1 aliphatic rings. The molecule has 4 nitrogen and oxygen atoms in total. The van der Waals surface area contributed by atoms with E-state index in [1.165, 1.54) is 9.71 Å². The lowest BCUT2D eigenvalue weighted by atomic mass is 9.97. The van der Waals surface area contributed by atoms with E-state index in [1.807, 2.05) is 35.2 Å². The molecule has 4 rings (SSSR count). The lowest BCUT2D eigenvalue weighted by Crippen LogP contribution is -2.38. The van der Waals surface area contributed by atoms with Crippen molar-refractivity contribution in [1.29, 1.82) is 0 Å². The lowest BCUT2D eigenvalue weighted by Gasteiger charge is -2.31. The predicted octanol–water partition coefficient (Wildman–Crippen LogP) is 4.25. The number of amides is 1. The first-order valence-electron chi connectivity index (χ1n) is 8.99. The number of likely N-dealkylation sites (tertiary alicyclic amines) is 1. The van der Waals surface area contributed by atoms with E-state index in [0.717, 1.165) is 42.8 Å². The molecule has 0 radical (unpaired) electrons. The minimum Gasteiger partial charge on any atom is -0.497 e. The van der Waals surface area contributed by atoms with Crippen LogP contribution in [0, 0.1) is 0 Å². The maximum Gasteiger partial charge on any atom is 0.226 e. The Morgan fingerprint density at radius 2 is 1.88 bits per heavy atom. The number of ether oxygens (including phenoxy) is 1. The molecule has 5 heteroatoms. The Labute approximate surface area is 157 Å². The summed E-state index contributed by atoms with van der Waals surface area (Å²) in [6, 6.07) is 16.0. The van der Waals surface area contributed by atoms with Gasteiger partial charge in [0.15, 0.2) is 0 Å². The number of carbonyl (C=O) groups is 1. The molecule has 0 aliphatic carbocycles. The fourth-order valence-electron chi connectivity index (χ4n) is 3.47. The summed E-state index contributed by atoms with van der Waals surface area (Å²) in [5.74, 6) is 1.49. The molecule has 0 N–H and O–H groups in total. The van der Waals surface area contributed by atoms with Crippen molar-refractivity contribution in [3.05, 3.63) is 59.1 Å². The standard InChI is InChI=1S/C21H22N2O2S/c1-25-17-8-6-15(7-9-17)14-20(24)23-12-10-16(11-13-23)21-22-18-4-2-3-5-19(18)26-21/h2-9,16H,10-14H2,1H3. The number of aromatic nitrogens is 1. The zero-order valence-electron chi connectivity index (χ0n) is 14.9. The molecule has 0 bridgehead atoms. The second kappa shape index (κ2) is 7.46. The minimum atomic E-state index is 0.206. The van der Waals surface area contributed by atoms with Gasteiger partial charge in [0, 0.05) is 19.0 Å². The molecule has 26 heavy (non-hydrogen) atoms. The summed E-state index contributed by atoms with van der Waals surface area (Å²) in [6.45, 7) is 1.63. The number of methoxy groups -OCH3 is 1. The third-order valence-electron chi connectivity index (χ3n) is 5.02. The summed E-state index contributed by atoms with van der Waals surface area (Å²) < 4.78 is 6.42. The normalized spacial score (nSPS) is 15.3. The van der Waals surface area contributed by atoms with Gasteiger partial charge < -0.3 is 9.64 Å². The van der Waals surface area contributed by atoms with Crippen LogP contribution in [-0.4, -0.2) is 36.0 Å². The van der Waals surface area contributed by atoms with Crippen LogP contribution in [0.3, 0.4) is 0 Å². The van der Waals surface area contributed by atoms with Gasteiger partial charge in [-0.3, -0.25) is 4.79 Å². The number of rotatable bonds is 4. The molecule has 1 amide bonds. The molecular formula is C21H22N2O2S. The summed E-state index contributed by atoms with van der Waals surface area (Å²) in [5.41, 5.74) is 2.12. The molecule has 0 spiro atoms. The van der Waals surface area contributed by atoms with Crippen molar-refractivity contribution in [3.63, 3.8) is 0 Å². The fraction of sp³-hybridized carbons (Fsp3) is 0.333. The Morgan fingerprint density at radius 3 is 2.58 bits per heavy atom. The van der Waals surface area contributed by atoms with Gasteiger partial charge in [0.2, 0.25) is 5.91 Å². The monoisotopic (exact) mass is 366 g/mol. The van der Waals surface area contributed by atoms with Crippen molar-refractivity contribution in [2.45, 2.75) is 25.2 Å². The van der Waals surface area contributed by atoms with E-state index in [1.54, 1.807) is 18.4 Å². The Balaban J connectivity index is 1.35. The Bertz CT molecular complexity index is 863. The highest BCUT2D eigenvalue weighted by atomic mass is 32.1. The SMILES string of the molecule is COc1ccc(CC(=O)N2CCC(c3nc4ccccc4s3)CC2)cc1. The van der Waals surface area contributed by atoms with Crippen LogP contribution in [0.15, 0.2) is 48.5 Å². The van der Waals surface area contributed by atoms with Crippen LogP contribution in [0.2, 0.25) is 0 Å². The zero-order valence-corrected chi connectivity index (χ0v) is 15.7. The van der Waals surface area contributed by atoms with Crippen LogP contribution in [-0.2, 0) is 11.2 Å². The van der Waals surface area contributed by atoms with E-state index >= 15 is 0 Å². The maximum atomic E-state index is 12.6. The van der Waals surface area contributed by atoms with E-state index < -0.39 is 0 Å². The Morgan fingerprint density at radius 1 is 1.15 bits per heavy atom. The first-order chi connectivity index (χ1) is 12.7. The molecule has 1 aromatic heterocycles. The van der Waals surface area contributed by atoms with Crippen LogP contribution in [0.1, 0.15) is 29.3 Å². The first kappa shape index (κ1) is 17.0. The van der Waals surface area contributed by atoms with Gasteiger partial charge in [0.25, 0.3) is 0 Å². The van der Waals surface area contributed by atoms with Crippen molar-refractivity contribution < 1.29 is 9.53 Å². The number of thiazole rings is 1. The van der Waals surface area contributed by atoms with E-state index in [2.05, 4.69) is 18.2 Å². The van der Waals surface area contributed by atoms with E-state index in [-0.39, 0.29) is 5.91 Å². The number of para-hydroxylation sites is 1. The molecule has 2 heterocycles. The largest absolute Gasteiger partial charge is 0.497 e. The number of carbonyl (C=O) groups excluding carboxylic acids is 1. The maximum absolute atomic E-state index is 12.6. The van der Waals surface area contributed by atoms with Crippen molar-refractivity contribution in [2.75, 3.05) is 20.2 Å². The highest BCUT2D eigenvalue weighted by Gasteiger charge is 2.25. The number of hydrogen-bond acceptors (Lipinski definition) is 4. The highest BCUT2D eigenvalue weighted by Crippen LogP contribution is 2.33. The zero-order chi connectivity index (χ0) is 17.9. The summed E-state index contributed by atoms with van der Waals surface area (Å²) in [7, 11) is 1.65. The average Bonchev–Trinajstić information content (AvgIpc) is 3.13. The molecule has 1 aliphatic heterocycles. The van der Waals surface area contributed by atoms with Gasteiger partial charge >= 0.3 is 0 Å². The van der Waals surface area contributed by atoms with E-state index in [4.69, 9.17) is 9.72 Å². The molecule has 2 aromatic carbocycles. The summed E-state index contributed by atoms with van der Waals surface area (Å²) >= 11 is 1.79. The molecule has 0 atom stereocenters. The Hall–Kier alpha value is -2.40. The first-order valence-corrected chi connectivity index (χ1v) is 9.81. The van der Waals surface area contributed by atoms with E-state index in [9.17, 15) is 4.79 Å². The predicted molar refractivity (Wildman–Crippen MR) is 105 cm³/mol. The number of benzene rings is 2. The van der Waals surface area contributed by atoms with Crippen LogP contribution >= 0.6 is 11.3 Å². The van der Waals surface area contributed by atoms with Crippen molar-refractivity contribution >= 4 is 27.5 Å². The molecule has 1 fully saturated rings. The molecule has 134 valence electrons. The van der Waals surface area contributed by atoms with Crippen LogP contribution in [0.5, 0.6) is 5.75 Å². The smallest absolute Gasteiger partial charge is 0.226 e. The third kappa shape index (κ3) is 3.58. The van der Waals surface area contributed by atoms with Gasteiger partial charge in [0.1, 0.15) is 5.75 Å². The van der Waals surface area contributed by atoms with Gasteiger partial charge in [-0.2, -0.15) is 0 Å². The summed E-state index contributed by atoms with van der Waals surface area (Å²) in [4.78, 5) is 19.4. The topological polar surface area (TPSA) is 42.4 Å². The number of fused-ring (bicyclic) bond motifs is 1. The van der Waals surface area contributed by atoms with E-state index in [0.29, 0.717) is 12.3 Å². The minimum absolute atomic E-state index is 0.206. The molecule has 1 saturated heterocycles. The highest BCUT2D eigenvalue weighted by molar-refractivity contribution is 7.18. The third-order valence-corrected chi connectivity index (χ3v) is 6.22. The van der Waals surface area contributed by atoms with Crippen molar-refractivity contribution in [3.8, 4) is 5.75 Å². The summed E-state index contributed by atoms with van der Waals surface area (Å²) in [5, 5.41) is 1.22. The molecule has 0 saturated carbocycles. The summed E-state index contributed by atoms with van der Waals surface area (Å²) in [6.07, 6.45) is 2.44. The van der Waals surface area contributed by atoms with Crippen LogP contribution in [0.4, 0.5) is 0 Å². The second-order valence-electron chi connectivity index (χ2n) is 6.70. The fourth-order valence-corrected chi connectivity index (χ4v) is 4.61. The van der Waals surface area contributed by atoms with Crippen LogP contribution < -0.4 is 4.74 Å². The van der Waals surface area contributed by atoms with Gasteiger partial charge in [-0.1, -0.05) is 24.3 Å². The van der Waals surface area contributed by atoms with Gasteiger partial charge in [-0.15, -0.1) is 11.3 Å². The van der Waals surface area contributed by atoms with Crippen molar-refractivity contribution in [1.82, 2.24) is 9.88 Å². The Kier molecular flexibility index (Phi) is 4.89. The van der Waals surface area contributed by atoms with Crippen LogP contribution in [0.25, 0.3) is 10.2 Å². The van der Waals surface area contributed by atoms with Gasteiger partial charge in [0.05, 0.1) is 28.8 Å².